The first kappa shape index (κ1) is 13.2. The lowest BCUT2D eigenvalue weighted by atomic mass is 10.2. The van der Waals surface area contributed by atoms with Crippen LogP contribution >= 0.6 is 15.9 Å². The molecule has 2 heterocycles. The third kappa shape index (κ3) is 2.34. The molecule has 0 unspecified atom stereocenters. The highest BCUT2D eigenvalue weighted by Crippen LogP contribution is 2.28. The van der Waals surface area contributed by atoms with E-state index in [9.17, 15) is 10.1 Å². The van der Waals surface area contributed by atoms with Crippen LogP contribution in [-0.4, -0.2) is 19.5 Å². The van der Waals surface area contributed by atoms with E-state index in [0.29, 0.717) is 27.1 Å². The van der Waals surface area contributed by atoms with Crippen molar-refractivity contribution in [1.29, 1.82) is 5.26 Å². The third-order valence-corrected chi connectivity index (χ3v) is 3.34. The lowest BCUT2D eigenvalue weighted by Crippen LogP contribution is -1.93. The van der Waals surface area contributed by atoms with Crippen molar-refractivity contribution in [2.75, 3.05) is 0 Å². The highest BCUT2D eigenvalue weighted by Gasteiger charge is 2.14. The predicted molar refractivity (Wildman–Crippen MR) is 77.5 cm³/mol. The molecule has 0 spiro atoms. The SMILES string of the molecule is N#Cc1ccc2nnc(-c3cc(Br)cc([N+](=O)[O-])c3)n2c1. The van der Waals surface area contributed by atoms with E-state index in [1.807, 2.05) is 6.07 Å². The first-order valence-corrected chi connectivity index (χ1v) is 6.58. The second-order valence-electron chi connectivity index (χ2n) is 4.24. The number of pyridine rings is 1. The molecule has 102 valence electrons. The smallest absolute Gasteiger partial charge is 0.271 e. The maximum absolute atomic E-state index is 10.9. The molecule has 0 atom stereocenters. The van der Waals surface area contributed by atoms with Gasteiger partial charge in [0.1, 0.15) is 6.07 Å². The van der Waals surface area contributed by atoms with Gasteiger partial charge in [-0.1, -0.05) is 15.9 Å². The van der Waals surface area contributed by atoms with Crippen molar-refractivity contribution in [3.8, 4) is 17.5 Å². The van der Waals surface area contributed by atoms with E-state index >= 15 is 0 Å². The predicted octanol–water partition coefficient (Wildman–Crippen LogP) is 2.94. The Hall–Kier alpha value is -2.79. The quantitative estimate of drug-likeness (QED) is 0.526. The van der Waals surface area contributed by atoms with E-state index in [-0.39, 0.29) is 5.69 Å². The fourth-order valence-corrected chi connectivity index (χ4v) is 2.44. The minimum atomic E-state index is -0.474. The van der Waals surface area contributed by atoms with Gasteiger partial charge in [0, 0.05) is 28.4 Å². The maximum Gasteiger partial charge on any atom is 0.271 e. The number of aromatic nitrogens is 3. The number of nitrogens with zero attached hydrogens (tertiary/aromatic N) is 5. The number of halogens is 1. The van der Waals surface area contributed by atoms with Crippen LogP contribution in [0.5, 0.6) is 0 Å². The minimum absolute atomic E-state index is 0.0486. The second kappa shape index (κ2) is 4.96. The summed E-state index contributed by atoms with van der Waals surface area (Å²) >= 11 is 3.24. The van der Waals surface area contributed by atoms with Gasteiger partial charge < -0.3 is 0 Å². The minimum Gasteiger partial charge on any atom is -0.281 e. The van der Waals surface area contributed by atoms with E-state index in [1.165, 1.54) is 12.1 Å². The third-order valence-electron chi connectivity index (χ3n) is 2.88. The first-order chi connectivity index (χ1) is 10.1. The van der Waals surface area contributed by atoms with Gasteiger partial charge in [0.05, 0.1) is 10.5 Å². The van der Waals surface area contributed by atoms with Crippen molar-refractivity contribution < 1.29 is 4.92 Å². The number of nitro groups is 1. The molecule has 7 nitrogen and oxygen atoms in total. The summed E-state index contributed by atoms with van der Waals surface area (Å²) < 4.78 is 2.20. The number of rotatable bonds is 2. The topological polar surface area (TPSA) is 97.1 Å². The average Bonchev–Trinajstić information content (AvgIpc) is 2.89. The molecule has 21 heavy (non-hydrogen) atoms. The van der Waals surface area contributed by atoms with Crippen LogP contribution in [0, 0.1) is 21.4 Å². The van der Waals surface area contributed by atoms with Gasteiger partial charge in [-0.05, 0) is 18.2 Å². The number of nitriles is 1. The standard InChI is InChI=1S/C13H6BrN5O2/c14-10-3-9(4-11(5-10)19(20)21)13-17-16-12-2-1-8(6-15)7-18(12)13/h1-5,7H. The van der Waals surface area contributed by atoms with Gasteiger partial charge in [-0.2, -0.15) is 5.26 Å². The van der Waals surface area contributed by atoms with Gasteiger partial charge >= 0.3 is 0 Å². The lowest BCUT2D eigenvalue weighted by Gasteiger charge is -2.02. The summed E-state index contributed by atoms with van der Waals surface area (Å²) in [5.41, 5.74) is 1.51. The molecule has 2 aromatic heterocycles. The number of benzene rings is 1. The van der Waals surface area contributed by atoms with Crippen molar-refractivity contribution in [3.05, 3.63) is 56.7 Å². The molecule has 0 aliphatic heterocycles. The zero-order chi connectivity index (χ0) is 15.0. The van der Waals surface area contributed by atoms with Gasteiger partial charge in [0.15, 0.2) is 11.5 Å². The Kier molecular flexibility index (Phi) is 3.12. The first-order valence-electron chi connectivity index (χ1n) is 5.79. The van der Waals surface area contributed by atoms with Crippen LogP contribution < -0.4 is 0 Å². The molecule has 0 N–H and O–H groups in total. The number of nitro benzene ring substituents is 1. The van der Waals surface area contributed by atoms with Crippen molar-refractivity contribution in [1.82, 2.24) is 14.6 Å². The van der Waals surface area contributed by atoms with Crippen LogP contribution in [0.2, 0.25) is 0 Å². The van der Waals surface area contributed by atoms with Crippen LogP contribution in [-0.2, 0) is 0 Å². The molecule has 0 fully saturated rings. The molecular weight excluding hydrogens is 338 g/mol. The molecule has 0 amide bonds. The Morgan fingerprint density at radius 2 is 2.10 bits per heavy atom. The van der Waals surface area contributed by atoms with E-state index in [0.717, 1.165) is 0 Å². The van der Waals surface area contributed by atoms with Crippen LogP contribution in [0.15, 0.2) is 41.0 Å². The highest BCUT2D eigenvalue weighted by atomic mass is 79.9. The molecule has 0 aliphatic carbocycles. The maximum atomic E-state index is 10.9. The van der Waals surface area contributed by atoms with E-state index in [4.69, 9.17) is 5.26 Å². The number of fused-ring (bicyclic) bond motifs is 1. The number of non-ortho nitro benzene ring substituents is 1. The van der Waals surface area contributed by atoms with Gasteiger partial charge in [0.25, 0.3) is 5.69 Å². The summed E-state index contributed by atoms with van der Waals surface area (Å²) in [7, 11) is 0. The van der Waals surface area contributed by atoms with Gasteiger partial charge in [-0.3, -0.25) is 14.5 Å². The van der Waals surface area contributed by atoms with Crippen LogP contribution in [0.25, 0.3) is 17.0 Å². The summed E-state index contributed by atoms with van der Waals surface area (Å²) in [4.78, 5) is 10.5. The fourth-order valence-electron chi connectivity index (χ4n) is 1.96. The Morgan fingerprint density at radius 1 is 1.29 bits per heavy atom. The number of hydrogen-bond donors (Lipinski definition) is 0. The normalized spacial score (nSPS) is 10.5. The molecule has 8 heteroatoms. The van der Waals surface area contributed by atoms with Crippen molar-refractivity contribution in [3.63, 3.8) is 0 Å². The molecule has 3 aromatic rings. The van der Waals surface area contributed by atoms with Gasteiger partial charge in [-0.15, -0.1) is 10.2 Å². The Labute approximate surface area is 126 Å². The molecule has 0 radical (unpaired) electrons. The zero-order valence-corrected chi connectivity index (χ0v) is 12.0. The molecule has 0 saturated carbocycles. The fraction of sp³-hybridized carbons (Fsp3) is 0. The van der Waals surface area contributed by atoms with Gasteiger partial charge in [0.2, 0.25) is 0 Å². The Balaban J connectivity index is 2.25. The molecular formula is C13H6BrN5O2. The van der Waals surface area contributed by atoms with E-state index < -0.39 is 4.92 Å². The summed E-state index contributed by atoms with van der Waals surface area (Å²) in [6.45, 7) is 0. The summed E-state index contributed by atoms with van der Waals surface area (Å²) in [5, 5.41) is 27.9. The molecule has 0 aliphatic rings. The zero-order valence-electron chi connectivity index (χ0n) is 10.4. The summed E-state index contributed by atoms with van der Waals surface area (Å²) in [6, 6.07) is 9.88. The van der Waals surface area contributed by atoms with Crippen molar-refractivity contribution in [2.24, 2.45) is 0 Å². The van der Waals surface area contributed by atoms with E-state index in [2.05, 4.69) is 26.1 Å². The van der Waals surface area contributed by atoms with Gasteiger partial charge in [-0.25, -0.2) is 0 Å². The van der Waals surface area contributed by atoms with Crippen LogP contribution in [0.3, 0.4) is 0 Å². The molecule has 3 rings (SSSR count). The molecule has 1 aromatic carbocycles. The van der Waals surface area contributed by atoms with Crippen molar-refractivity contribution >= 4 is 27.3 Å². The Morgan fingerprint density at radius 3 is 2.81 bits per heavy atom. The lowest BCUT2D eigenvalue weighted by molar-refractivity contribution is -0.384. The largest absolute Gasteiger partial charge is 0.281 e. The highest BCUT2D eigenvalue weighted by molar-refractivity contribution is 9.10. The van der Waals surface area contributed by atoms with Crippen LogP contribution in [0.1, 0.15) is 5.56 Å². The van der Waals surface area contributed by atoms with E-state index in [1.54, 1.807) is 28.8 Å². The summed E-state index contributed by atoms with van der Waals surface area (Å²) in [5.74, 6) is 0.437. The summed E-state index contributed by atoms with van der Waals surface area (Å²) in [6.07, 6.45) is 1.59. The Bertz CT molecular complexity index is 913. The second-order valence-corrected chi connectivity index (χ2v) is 5.15. The average molecular weight is 344 g/mol. The number of hydrogen-bond acceptors (Lipinski definition) is 5. The monoisotopic (exact) mass is 343 g/mol. The molecule has 0 saturated heterocycles. The van der Waals surface area contributed by atoms with Crippen LogP contribution in [0.4, 0.5) is 5.69 Å². The molecule has 0 bridgehead atoms. The van der Waals surface area contributed by atoms with Crippen molar-refractivity contribution in [2.45, 2.75) is 0 Å².